The van der Waals surface area contributed by atoms with E-state index >= 15 is 0 Å². The number of anilines is 1. The van der Waals surface area contributed by atoms with Crippen molar-refractivity contribution in [3.8, 4) is 5.75 Å². The van der Waals surface area contributed by atoms with Crippen LogP contribution in [0.1, 0.15) is 45.1 Å². The lowest BCUT2D eigenvalue weighted by atomic mass is 10.1. The van der Waals surface area contributed by atoms with E-state index in [1.165, 1.54) is 25.7 Å². The molecule has 3 heteroatoms. The molecule has 1 aromatic carbocycles. The Bertz CT molecular complexity index is 352. The molecule has 1 rings (SSSR count). The lowest BCUT2D eigenvalue weighted by molar-refractivity contribution is 0.404. The molecule has 0 aliphatic carbocycles. The van der Waals surface area contributed by atoms with E-state index in [1.807, 2.05) is 18.2 Å². The molecule has 0 saturated carbocycles. The van der Waals surface area contributed by atoms with Gasteiger partial charge in [0, 0.05) is 29.9 Å². The van der Waals surface area contributed by atoms with E-state index in [2.05, 4.69) is 19.2 Å². The van der Waals surface area contributed by atoms with Gasteiger partial charge in [0.1, 0.15) is 5.75 Å². The minimum Gasteiger partial charge on any atom is -0.496 e. The normalized spacial score (nSPS) is 12.4. The average molecular weight is 250 g/mol. The molecule has 1 aromatic rings. The third-order valence-electron chi connectivity index (χ3n) is 3.19. The van der Waals surface area contributed by atoms with Gasteiger partial charge in [-0.05, 0) is 19.4 Å². The number of methoxy groups -OCH3 is 1. The molecule has 102 valence electrons. The van der Waals surface area contributed by atoms with Crippen LogP contribution in [0.3, 0.4) is 0 Å². The van der Waals surface area contributed by atoms with E-state index < -0.39 is 0 Å². The van der Waals surface area contributed by atoms with Crippen molar-refractivity contribution in [3.63, 3.8) is 0 Å². The minimum atomic E-state index is 0.541. The van der Waals surface area contributed by atoms with Crippen molar-refractivity contribution >= 4 is 5.69 Å². The van der Waals surface area contributed by atoms with Crippen molar-refractivity contribution in [2.45, 2.75) is 52.1 Å². The molecule has 0 aliphatic heterocycles. The van der Waals surface area contributed by atoms with Gasteiger partial charge in [0.2, 0.25) is 0 Å². The van der Waals surface area contributed by atoms with Crippen molar-refractivity contribution in [3.05, 3.63) is 23.8 Å². The Kier molecular flexibility index (Phi) is 6.58. The second kappa shape index (κ2) is 7.98. The second-order valence-electron chi connectivity index (χ2n) is 4.85. The molecule has 0 fully saturated rings. The smallest absolute Gasteiger partial charge is 0.125 e. The third-order valence-corrected chi connectivity index (χ3v) is 3.19. The van der Waals surface area contributed by atoms with Gasteiger partial charge < -0.3 is 15.8 Å². The summed E-state index contributed by atoms with van der Waals surface area (Å²) >= 11 is 0. The van der Waals surface area contributed by atoms with Crippen LogP contribution in [0.2, 0.25) is 0 Å². The van der Waals surface area contributed by atoms with E-state index in [1.54, 1.807) is 7.11 Å². The highest BCUT2D eigenvalue weighted by atomic mass is 16.5. The Balaban J connectivity index is 2.42. The fraction of sp³-hybridized carbons (Fsp3) is 0.600. The molecule has 3 nitrogen and oxygen atoms in total. The number of benzene rings is 1. The number of unbranched alkanes of at least 4 members (excludes halogenated alkanes) is 2. The van der Waals surface area contributed by atoms with Gasteiger partial charge in [-0.3, -0.25) is 0 Å². The van der Waals surface area contributed by atoms with Crippen LogP contribution in [0.25, 0.3) is 0 Å². The van der Waals surface area contributed by atoms with Crippen LogP contribution >= 0.6 is 0 Å². The number of nitrogens with one attached hydrogen (secondary N) is 1. The minimum absolute atomic E-state index is 0.541. The number of hydrogen-bond donors (Lipinski definition) is 2. The van der Waals surface area contributed by atoms with Crippen molar-refractivity contribution in [2.75, 3.05) is 12.8 Å². The number of hydrogen-bond acceptors (Lipinski definition) is 3. The standard InChI is InChI=1S/C15H26N2O/c1-4-5-6-7-12(2)17-11-13-8-9-14(16)10-15(13)18-3/h8-10,12,17H,4-7,11,16H2,1-3H3. The van der Waals surface area contributed by atoms with E-state index in [0.29, 0.717) is 6.04 Å². The number of ether oxygens (including phenoxy) is 1. The van der Waals surface area contributed by atoms with Crippen LogP contribution in [-0.4, -0.2) is 13.2 Å². The van der Waals surface area contributed by atoms with Crippen LogP contribution in [-0.2, 0) is 6.54 Å². The maximum absolute atomic E-state index is 5.74. The molecule has 1 atom stereocenters. The zero-order valence-electron chi connectivity index (χ0n) is 11.8. The lowest BCUT2D eigenvalue weighted by Gasteiger charge is -2.15. The summed E-state index contributed by atoms with van der Waals surface area (Å²) in [4.78, 5) is 0. The van der Waals surface area contributed by atoms with Gasteiger partial charge in [-0.1, -0.05) is 32.3 Å². The van der Waals surface area contributed by atoms with Crippen molar-refractivity contribution in [1.29, 1.82) is 0 Å². The third kappa shape index (κ3) is 4.96. The molecular formula is C15H26N2O. The highest BCUT2D eigenvalue weighted by Crippen LogP contribution is 2.21. The zero-order chi connectivity index (χ0) is 13.4. The summed E-state index contributed by atoms with van der Waals surface area (Å²) in [5.41, 5.74) is 7.64. The first kappa shape index (κ1) is 14.8. The van der Waals surface area contributed by atoms with E-state index in [9.17, 15) is 0 Å². The first-order chi connectivity index (χ1) is 8.67. The Morgan fingerprint density at radius 3 is 2.78 bits per heavy atom. The number of rotatable bonds is 8. The van der Waals surface area contributed by atoms with Gasteiger partial charge in [0.05, 0.1) is 7.11 Å². The first-order valence-electron chi connectivity index (χ1n) is 6.83. The highest BCUT2D eigenvalue weighted by molar-refractivity contribution is 5.48. The number of nitrogens with two attached hydrogens (primary N) is 1. The summed E-state index contributed by atoms with van der Waals surface area (Å²) in [6.07, 6.45) is 5.12. The van der Waals surface area contributed by atoms with E-state index in [0.717, 1.165) is 23.5 Å². The lowest BCUT2D eigenvalue weighted by Crippen LogP contribution is -2.25. The van der Waals surface area contributed by atoms with Gasteiger partial charge >= 0.3 is 0 Å². The molecular weight excluding hydrogens is 224 g/mol. The van der Waals surface area contributed by atoms with Crippen molar-refractivity contribution < 1.29 is 4.74 Å². The van der Waals surface area contributed by atoms with E-state index in [-0.39, 0.29) is 0 Å². The van der Waals surface area contributed by atoms with Gasteiger partial charge in [-0.15, -0.1) is 0 Å². The first-order valence-corrected chi connectivity index (χ1v) is 6.83. The van der Waals surface area contributed by atoms with Crippen molar-refractivity contribution in [1.82, 2.24) is 5.32 Å². The largest absolute Gasteiger partial charge is 0.496 e. The quantitative estimate of drug-likeness (QED) is 0.549. The summed E-state index contributed by atoms with van der Waals surface area (Å²) in [6, 6.07) is 6.36. The van der Waals surface area contributed by atoms with Gasteiger partial charge in [-0.2, -0.15) is 0 Å². The summed E-state index contributed by atoms with van der Waals surface area (Å²) < 4.78 is 5.34. The molecule has 0 radical (unpaired) electrons. The maximum Gasteiger partial charge on any atom is 0.125 e. The Hall–Kier alpha value is -1.22. The maximum atomic E-state index is 5.74. The topological polar surface area (TPSA) is 47.3 Å². The number of nitrogen functional groups attached to an aromatic ring is 1. The zero-order valence-corrected chi connectivity index (χ0v) is 11.8. The predicted molar refractivity (Wildman–Crippen MR) is 77.9 cm³/mol. The van der Waals surface area contributed by atoms with Crippen LogP contribution in [0.5, 0.6) is 5.75 Å². The molecule has 0 heterocycles. The Labute approximate surface area is 111 Å². The van der Waals surface area contributed by atoms with Crippen LogP contribution in [0, 0.1) is 0 Å². The highest BCUT2D eigenvalue weighted by Gasteiger charge is 2.06. The SMILES string of the molecule is CCCCCC(C)NCc1ccc(N)cc1OC. The molecule has 3 N–H and O–H groups in total. The van der Waals surface area contributed by atoms with Crippen LogP contribution in [0.4, 0.5) is 5.69 Å². The van der Waals surface area contributed by atoms with Crippen molar-refractivity contribution in [2.24, 2.45) is 0 Å². The summed E-state index contributed by atoms with van der Waals surface area (Å²) in [6.45, 7) is 5.30. The monoisotopic (exact) mass is 250 g/mol. The van der Waals surface area contributed by atoms with Gasteiger partial charge in [0.25, 0.3) is 0 Å². The average Bonchev–Trinajstić information content (AvgIpc) is 2.37. The molecule has 0 saturated heterocycles. The fourth-order valence-corrected chi connectivity index (χ4v) is 1.99. The fourth-order valence-electron chi connectivity index (χ4n) is 1.99. The van der Waals surface area contributed by atoms with Crippen LogP contribution in [0.15, 0.2) is 18.2 Å². The predicted octanol–water partition coefficient (Wildman–Crippen LogP) is 3.34. The molecule has 0 aromatic heterocycles. The van der Waals surface area contributed by atoms with Crippen LogP contribution < -0.4 is 15.8 Å². The molecule has 18 heavy (non-hydrogen) atoms. The van der Waals surface area contributed by atoms with Gasteiger partial charge in [-0.25, -0.2) is 0 Å². The summed E-state index contributed by atoms with van der Waals surface area (Å²) in [5, 5.41) is 3.53. The summed E-state index contributed by atoms with van der Waals surface area (Å²) in [7, 11) is 1.68. The molecule has 1 unspecified atom stereocenters. The Morgan fingerprint density at radius 2 is 2.11 bits per heavy atom. The van der Waals surface area contributed by atoms with E-state index in [4.69, 9.17) is 10.5 Å². The van der Waals surface area contributed by atoms with Gasteiger partial charge in [0.15, 0.2) is 0 Å². The molecule has 0 bridgehead atoms. The molecule has 0 aliphatic rings. The molecule has 0 spiro atoms. The summed E-state index contributed by atoms with van der Waals surface area (Å²) in [5.74, 6) is 0.864. The Morgan fingerprint density at radius 1 is 1.33 bits per heavy atom. The second-order valence-corrected chi connectivity index (χ2v) is 4.85. The molecule has 0 amide bonds.